The second-order valence-electron chi connectivity index (χ2n) is 3.85. The van der Waals surface area contributed by atoms with Crippen molar-refractivity contribution in [2.45, 2.75) is 0 Å². The molecule has 0 atom stereocenters. The van der Waals surface area contributed by atoms with E-state index in [1.54, 1.807) is 36.4 Å². The fourth-order valence-corrected chi connectivity index (χ4v) is 1.53. The van der Waals surface area contributed by atoms with Crippen LogP contribution in [-0.4, -0.2) is 17.7 Å². The number of carbonyl (C=O) groups is 1. The molecule has 1 N–H and O–H groups in total. The molecule has 0 spiro atoms. The van der Waals surface area contributed by atoms with Gasteiger partial charge in [-0.1, -0.05) is 17.5 Å². The second-order valence-corrected chi connectivity index (χ2v) is 4.28. The van der Waals surface area contributed by atoms with Gasteiger partial charge in [0.2, 0.25) is 5.88 Å². The van der Waals surface area contributed by atoms with Gasteiger partial charge in [0.1, 0.15) is 5.75 Å². The number of pyridine rings is 1. The number of benzene rings is 1. The van der Waals surface area contributed by atoms with Gasteiger partial charge in [-0.3, -0.25) is 5.32 Å². The van der Waals surface area contributed by atoms with Crippen molar-refractivity contribution >= 4 is 23.4 Å². The third-order valence-electron chi connectivity index (χ3n) is 2.31. The average molecular weight is 303 g/mol. The molecular weight excluding hydrogens is 292 g/mol. The van der Waals surface area contributed by atoms with Crippen LogP contribution in [0.5, 0.6) is 11.6 Å². The Bertz CT molecular complexity index is 648. The Balaban J connectivity index is 1.94. The minimum Gasteiger partial charge on any atom is -0.439 e. The van der Waals surface area contributed by atoms with E-state index < -0.39 is 6.09 Å². The number of anilines is 1. The van der Waals surface area contributed by atoms with Crippen LogP contribution < -0.4 is 10.1 Å². The molecule has 106 valence electrons. The van der Waals surface area contributed by atoms with Crippen molar-refractivity contribution in [2.75, 3.05) is 11.9 Å². The summed E-state index contributed by atoms with van der Waals surface area (Å²) < 4.78 is 10.2. The van der Waals surface area contributed by atoms with Gasteiger partial charge in [0.15, 0.2) is 6.61 Å². The van der Waals surface area contributed by atoms with Gasteiger partial charge in [0.05, 0.1) is 11.9 Å². The van der Waals surface area contributed by atoms with Gasteiger partial charge in [0, 0.05) is 11.1 Å². The Hall–Kier alpha value is -2.71. The van der Waals surface area contributed by atoms with E-state index in [-0.39, 0.29) is 6.61 Å². The third kappa shape index (κ3) is 4.71. The molecule has 21 heavy (non-hydrogen) atoms. The minimum absolute atomic E-state index is 0.0863. The van der Waals surface area contributed by atoms with Crippen LogP contribution in [0.2, 0.25) is 5.02 Å². The van der Waals surface area contributed by atoms with Gasteiger partial charge in [-0.15, -0.1) is 6.42 Å². The first-order valence-corrected chi connectivity index (χ1v) is 6.32. The summed E-state index contributed by atoms with van der Waals surface area (Å²) in [7, 11) is 0. The van der Waals surface area contributed by atoms with Crippen molar-refractivity contribution in [3.05, 3.63) is 47.6 Å². The predicted molar refractivity (Wildman–Crippen MR) is 79.6 cm³/mol. The molecule has 0 aliphatic rings. The predicted octanol–water partition coefficient (Wildman–Crippen LogP) is 3.71. The van der Waals surface area contributed by atoms with Crippen LogP contribution in [0.4, 0.5) is 10.5 Å². The standard InChI is InChI=1S/C15H11ClN2O3/c1-2-9-20-15(19)18-12-5-8-14(17-10-12)21-13-6-3-11(16)4-7-13/h1,3-8,10H,9H2,(H,18,19). The molecule has 0 saturated carbocycles. The molecular formula is C15H11ClN2O3. The molecule has 2 aromatic rings. The van der Waals surface area contributed by atoms with Gasteiger partial charge in [-0.25, -0.2) is 9.78 Å². The summed E-state index contributed by atoms with van der Waals surface area (Å²) in [6.07, 6.45) is 5.79. The van der Waals surface area contributed by atoms with Crippen LogP contribution in [0.25, 0.3) is 0 Å². The maximum atomic E-state index is 11.3. The molecule has 0 aliphatic heterocycles. The lowest BCUT2D eigenvalue weighted by Crippen LogP contribution is -2.13. The number of aromatic nitrogens is 1. The molecule has 0 fully saturated rings. The van der Waals surface area contributed by atoms with Crippen molar-refractivity contribution in [3.63, 3.8) is 0 Å². The van der Waals surface area contributed by atoms with Gasteiger partial charge in [0.25, 0.3) is 0 Å². The smallest absolute Gasteiger partial charge is 0.412 e. The van der Waals surface area contributed by atoms with Crippen LogP contribution in [0.15, 0.2) is 42.6 Å². The Morgan fingerprint density at radius 1 is 1.29 bits per heavy atom. The Morgan fingerprint density at radius 3 is 2.67 bits per heavy atom. The Morgan fingerprint density at radius 2 is 2.05 bits per heavy atom. The summed E-state index contributed by atoms with van der Waals surface area (Å²) in [6, 6.07) is 10.1. The Labute approximate surface area is 126 Å². The fraction of sp³-hybridized carbons (Fsp3) is 0.0667. The van der Waals surface area contributed by atoms with E-state index in [1.807, 2.05) is 0 Å². The van der Waals surface area contributed by atoms with Crippen molar-refractivity contribution in [2.24, 2.45) is 0 Å². The number of carbonyl (C=O) groups excluding carboxylic acids is 1. The Kier molecular flexibility index (Phi) is 5.02. The first-order valence-electron chi connectivity index (χ1n) is 5.94. The number of ether oxygens (including phenoxy) is 2. The summed E-state index contributed by atoms with van der Waals surface area (Å²) in [6.45, 7) is -0.0863. The molecule has 1 aromatic heterocycles. The van der Waals surface area contributed by atoms with Crippen LogP contribution in [0.1, 0.15) is 0 Å². The van der Waals surface area contributed by atoms with Gasteiger partial charge >= 0.3 is 6.09 Å². The van der Waals surface area contributed by atoms with E-state index in [1.165, 1.54) is 6.20 Å². The highest BCUT2D eigenvalue weighted by molar-refractivity contribution is 6.30. The second kappa shape index (κ2) is 7.17. The molecule has 2 rings (SSSR count). The lowest BCUT2D eigenvalue weighted by atomic mass is 10.3. The number of rotatable bonds is 4. The number of terminal acetylenes is 1. The lowest BCUT2D eigenvalue weighted by Gasteiger charge is -2.07. The minimum atomic E-state index is -0.638. The summed E-state index contributed by atoms with van der Waals surface area (Å²) in [5.74, 6) is 3.20. The highest BCUT2D eigenvalue weighted by Crippen LogP contribution is 2.22. The number of amides is 1. The molecule has 0 radical (unpaired) electrons. The van der Waals surface area contributed by atoms with Crippen molar-refractivity contribution < 1.29 is 14.3 Å². The summed E-state index contributed by atoms with van der Waals surface area (Å²) in [4.78, 5) is 15.3. The van der Waals surface area contributed by atoms with Crippen LogP contribution in [0.3, 0.4) is 0 Å². The van der Waals surface area contributed by atoms with Crippen LogP contribution in [0, 0.1) is 12.3 Å². The maximum Gasteiger partial charge on any atom is 0.412 e. The van der Waals surface area contributed by atoms with Crippen molar-refractivity contribution in [3.8, 4) is 24.0 Å². The number of halogens is 1. The number of nitrogens with one attached hydrogen (secondary N) is 1. The van der Waals surface area contributed by atoms with Crippen LogP contribution >= 0.6 is 11.6 Å². The summed E-state index contributed by atoms with van der Waals surface area (Å²) in [5, 5.41) is 3.11. The number of hydrogen-bond donors (Lipinski definition) is 1. The zero-order valence-corrected chi connectivity index (χ0v) is 11.6. The molecule has 0 saturated heterocycles. The number of hydrogen-bond acceptors (Lipinski definition) is 4. The van der Waals surface area contributed by atoms with E-state index in [2.05, 4.69) is 21.0 Å². The van der Waals surface area contributed by atoms with Crippen molar-refractivity contribution in [1.82, 2.24) is 4.98 Å². The van der Waals surface area contributed by atoms with Gasteiger partial charge < -0.3 is 9.47 Å². The SMILES string of the molecule is C#CCOC(=O)Nc1ccc(Oc2ccc(Cl)cc2)nc1. The van der Waals surface area contributed by atoms with E-state index in [9.17, 15) is 4.79 Å². The molecule has 0 aliphatic carbocycles. The largest absolute Gasteiger partial charge is 0.439 e. The number of nitrogens with zero attached hydrogens (tertiary/aromatic N) is 1. The van der Waals surface area contributed by atoms with Gasteiger partial charge in [-0.2, -0.15) is 0 Å². The molecule has 1 amide bonds. The molecule has 0 bridgehead atoms. The molecule has 0 unspecified atom stereocenters. The molecule has 6 heteroatoms. The zero-order valence-electron chi connectivity index (χ0n) is 10.9. The third-order valence-corrected chi connectivity index (χ3v) is 2.56. The highest BCUT2D eigenvalue weighted by Gasteiger charge is 2.04. The first-order chi connectivity index (χ1) is 10.2. The van der Waals surface area contributed by atoms with E-state index in [0.29, 0.717) is 22.3 Å². The summed E-state index contributed by atoms with van der Waals surface area (Å²) in [5.41, 5.74) is 0.473. The van der Waals surface area contributed by atoms with E-state index in [0.717, 1.165) is 0 Å². The van der Waals surface area contributed by atoms with Crippen LogP contribution in [-0.2, 0) is 4.74 Å². The van der Waals surface area contributed by atoms with Gasteiger partial charge in [-0.05, 0) is 30.3 Å². The monoisotopic (exact) mass is 302 g/mol. The fourth-order valence-electron chi connectivity index (χ4n) is 1.40. The molecule has 5 nitrogen and oxygen atoms in total. The topological polar surface area (TPSA) is 60.5 Å². The highest BCUT2D eigenvalue weighted by atomic mass is 35.5. The normalized spacial score (nSPS) is 9.52. The van der Waals surface area contributed by atoms with E-state index >= 15 is 0 Å². The zero-order chi connectivity index (χ0) is 15.1. The lowest BCUT2D eigenvalue weighted by molar-refractivity contribution is 0.176. The van der Waals surface area contributed by atoms with E-state index in [4.69, 9.17) is 22.8 Å². The van der Waals surface area contributed by atoms with Crippen molar-refractivity contribution in [1.29, 1.82) is 0 Å². The first kappa shape index (κ1) is 14.7. The molecule has 1 heterocycles. The molecule has 1 aromatic carbocycles. The average Bonchev–Trinajstić information content (AvgIpc) is 2.49. The quantitative estimate of drug-likeness (QED) is 0.875. The summed E-state index contributed by atoms with van der Waals surface area (Å²) >= 11 is 5.78. The maximum absolute atomic E-state index is 11.3.